The maximum Gasteiger partial charge on any atom is 0.318 e. The number of anilines is 1. The first-order valence-electron chi connectivity index (χ1n) is 10.7. The summed E-state index contributed by atoms with van der Waals surface area (Å²) in [5.74, 6) is 1.95. The molecule has 1 amide bonds. The van der Waals surface area contributed by atoms with Crippen LogP contribution in [0.3, 0.4) is 0 Å². The maximum atomic E-state index is 12.7. The molecule has 0 spiro atoms. The number of hydrogen-bond acceptors (Lipinski definition) is 7. The molecule has 0 saturated carbocycles. The Hall–Kier alpha value is -3.55. The van der Waals surface area contributed by atoms with Crippen molar-refractivity contribution < 1.29 is 18.7 Å². The van der Waals surface area contributed by atoms with Gasteiger partial charge in [-0.1, -0.05) is 22.8 Å². The molecule has 1 aliphatic heterocycles. The first-order valence-corrected chi connectivity index (χ1v) is 10.7. The molecule has 4 rings (SSSR count). The number of nitrogens with zero attached hydrogens (tertiary/aromatic N) is 3. The molecule has 0 bridgehead atoms. The summed E-state index contributed by atoms with van der Waals surface area (Å²) in [6.07, 6.45) is 1.45. The van der Waals surface area contributed by atoms with Gasteiger partial charge in [-0.3, -0.25) is 4.79 Å². The van der Waals surface area contributed by atoms with Crippen molar-refractivity contribution in [1.29, 1.82) is 0 Å². The average Bonchev–Trinajstić information content (AvgIpc) is 3.33. The fourth-order valence-corrected chi connectivity index (χ4v) is 3.84. The third-order valence-electron chi connectivity index (χ3n) is 5.79. The van der Waals surface area contributed by atoms with Gasteiger partial charge in [-0.05, 0) is 50.1 Å². The minimum atomic E-state index is -0.0534. The molecule has 0 radical (unpaired) electrons. The Labute approximate surface area is 187 Å². The van der Waals surface area contributed by atoms with Crippen LogP contribution in [0.4, 0.5) is 6.01 Å². The first-order chi connectivity index (χ1) is 15.6. The summed E-state index contributed by atoms with van der Waals surface area (Å²) in [6, 6.07) is 14.0. The summed E-state index contributed by atoms with van der Waals surface area (Å²) in [5, 5.41) is 11.4. The molecule has 0 unspecified atom stereocenters. The van der Waals surface area contributed by atoms with E-state index in [9.17, 15) is 4.79 Å². The smallest absolute Gasteiger partial charge is 0.318 e. The number of hydrogen-bond donors (Lipinski definition) is 1. The van der Waals surface area contributed by atoms with Crippen molar-refractivity contribution >= 4 is 11.9 Å². The third-order valence-corrected chi connectivity index (χ3v) is 5.79. The highest BCUT2D eigenvalue weighted by Gasteiger charge is 2.27. The van der Waals surface area contributed by atoms with Crippen LogP contribution in [0.2, 0.25) is 0 Å². The second-order valence-electron chi connectivity index (χ2n) is 7.91. The number of methoxy groups -OCH3 is 2. The van der Waals surface area contributed by atoms with Crippen molar-refractivity contribution in [3.8, 4) is 23.0 Å². The molecule has 1 saturated heterocycles. The lowest BCUT2D eigenvalue weighted by Crippen LogP contribution is -2.40. The number of rotatable bonds is 7. The topological polar surface area (TPSA) is 89.7 Å². The van der Waals surface area contributed by atoms with E-state index >= 15 is 0 Å². The van der Waals surface area contributed by atoms with E-state index in [1.54, 1.807) is 14.2 Å². The Kier molecular flexibility index (Phi) is 6.58. The zero-order chi connectivity index (χ0) is 22.5. The second-order valence-corrected chi connectivity index (χ2v) is 7.91. The number of amides is 1. The van der Waals surface area contributed by atoms with Crippen molar-refractivity contribution in [2.24, 2.45) is 5.92 Å². The zero-order valence-electron chi connectivity index (χ0n) is 18.6. The van der Waals surface area contributed by atoms with Crippen LogP contribution in [0.25, 0.3) is 11.5 Å². The third kappa shape index (κ3) is 4.85. The van der Waals surface area contributed by atoms with Gasteiger partial charge in [0.15, 0.2) is 0 Å². The van der Waals surface area contributed by atoms with E-state index in [1.807, 2.05) is 54.3 Å². The number of piperidine rings is 1. The molecular weight excluding hydrogens is 408 g/mol. The Morgan fingerprint density at radius 1 is 1.09 bits per heavy atom. The van der Waals surface area contributed by atoms with Crippen LogP contribution in [0.1, 0.15) is 24.0 Å². The number of aromatic nitrogens is 2. The molecule has 8 heteroatoms. The fourth-order valence-electron chi connectivity index (χ4n) is 3.84. The van der Waals surface area contributed by atoms with Crippen LogP contribution in [0.5, 0.6) is 11.5 Å². The molecule has 3 aromatic rings. The maximum absolute atomic E-state index is 12.7. The number of carbonyl (C=O) groups is 1. The van der Waals surface area contributed by atoms with Gasteiger partial charge in [-0.2, -0.15) is 0 Å². The summed E-state index contributed by atoms with van der Waals surface area (Å²) in [4.78, 5) is 14.8. The van der Waals surface area contributed by atoms with Crippen LogP contribution in [-0.4, -0.2) is 43.4 Å². The predicted molar refractivity (Wildman–Crippen MR) is 121 cm³/mol. The van der Waals surface area contributed by atoms with E-state index < -0.39 is 0 Å². The van der Waals surface area contributed by atoms with Crippen LogP contribution in [0.15, 0.2) is 46.9 Å². The molecular formula is C24H28N4O4. The van der Waals surface area contributed by atoms with Gasteiger partial charge in [0.05, 0.1) is 14.2 Å². The van der Waals surface area contributed by atoms with Gasteiger partial charge in [0.2, 0.25) is 11.8 Å². The molecule has 168 valence electrons. The van der Waals surface area contributed by atoms with Crippen molar-refractivity contribution in [2.75, 3.05) is 32.2 Å². The quantitative estimate of drug-likeness (QED) is 0.605. The molecule has 1 aromatic heterocycles. The Morgan fingerprint density at radius 3 is 2.53 bits per heavy atom. The summed E-state index contributed by atoms with van der Waals surface area (Å²) in [6.45, 7) is 3.81. The average molecular weight is 437 g/mol. The van der Waals surface area contributed by atoms with Gasteiger partial charge < -0.3 is 24.1 Å². The van der Waals surface area contributed by atoms with Gasteiger partial charge in [-0.25, -0.2) is 0 Å². The van der Waals surface area contributed by atoms with Crippen LogP contribution in [-0.2, 0) is 11.3 Å². The highest BCUT2D eigenvalue weighted by molar-refractivity contribution is 5.79. The predicted octanol–water partition coefficient (Wildman–Crippen LogP) is 3.60. The van der Waals surface area contributed by atoms with Crippen molar-refractivity contribution in [3.63, 3.8) is 0 Å². The molecule has 1 N–H and O–H groups in total. The molecule has 32 heavy (non-hydrogen) atoms. The van der Waals surface area contributed by atoms with E-state index in [4.69, 9.17) is 13.9 Å². The van der Waals surface area contributed by atoms with Gasteiger partial charge in [0.25, 0.3) is 0 Å². The number of aryl methyl sites for hydroxylation is 1. The van der Waals surface area contributed by atoms with E-state index in [0.717, 1.165) is 35.5 Å². The van der Waals surface area contributed by atoms with E-state index in [0.29, 0.717) is 31.5 Å². The summed E-state index contributed by atoms with van der Waals surface area (Å²) in [5.41, 5.74) is 2.96. The number of nitrogens with one attached hydrogen (secondary N) is 1. The molecule has 2 heterocycles. The number of carbonyl (C=O) groups excluding carboxylic acids is 1. The first kappa shape index (κ1) is 21.7. The SMILES string of the molecule is COc1ccc(OC)c(CNC(=O)C2CCN(c3nnc(-c4ccc(C)cc4)o3)CC2)c1. The summed E-state index contributed by atoms with van der Waals surface area (Å²) >= 11 is 0. The van der Waals surface area contributed by atoms with Crippen molar-refractivity contribution in [2.45, 2.75) is 26.3 Å². The van der Waals surface area contributed by atoms with Gasteiger partial charge in [0.1, 0.15) is 11.5 Å². The standard InChI is InChI=1S/C24H28N4O4/c1-16-4-6-18(7-5-16)23-26-27-24(32-23)28-12-10-17(11-13-28)22(29)25-15-19-14-20(30-2)8-9-21(19)31-3/h4-9,14,17H,10-13,15H2,1-3H3,(H,25,29). The van der Waals surface area contributed by atoms with Crippen LogP contribution < -0.4 is 19.7 Å². The van der Waals surface area contributed by atoms with Crippen LogP contribution >= 0.6 is 0 Å². The monoisotopic (exact) mass is 436 g/mol. The lowest BCUT2D eigenvalue weighted by atomic mass is 9.96. The lowest BCUT2D eigenvalue weighted by molar-refractivity contribution is -0.125. The summed E-state index contributed by atoms with van der Waals surface area (Å²) < 4.78 is 16.5. The Balaban J connectivity index is 1.31. The molecule has 1 aliphatic rings. The Morgan fingerprint density at radius 2 is 1.84 bits per heavy atom. The molecule has 2 aromatic carbocycles. The van der Waals surface area contributed by atoms with Gasteiger partial charge in [-0.15, -0.1) is 5.10 Å². The largest absolute Gasteiger partial charge is 0.497 e. The summed E-state index contributed by atoms with van der Waals surface area (Å²) in [7, 11) is 3.23. The van der Waals surface area contributed by atoms with E-state index in [1.165, 1.54) is 5.56 Å². The molecule has 0 atom stereocenters. The minimum absolute atomic E-state index is 0.0420. The molecule has 0 aliphatic carbocycles. The highest BCUT2D eigenvalue weighted by atomic mass is 16.5. The second kappa shape index (κ2) is 9.72. The molecule has 8 nitrogen and oxygen atoms in total. The van der Waals surface area contributed by atoms with Crippen molar-refractivity contribution in [3.05, 3.63) is 53.6 Å². The zero-order valence-corrected chi connectivity index (χ0v) is 18.6. The number of benzene rings is 2. The fraction of sp³-hybridized carbons (Fsp3) is 0.375. The van der Waals surface area contributed by atoms with Gasteiger partial charge in [0, 0.05) is 36.7 Å². The van der Waals surface area contributed by atoms with Gasteiger partial charge >= 0.3 is 6.01 Å². The highest BCUT2D eigenvalue weighted by Crippen LogP contribution is 2.27. The number of ether oxygens (including phenoxy) is 2. The van der Waals surface area contributed by atoms with E-state index in [2.05, 4.69) is 15.5 Å². The minimum Gasteiger partial charge on any atom is -0.497 e. The van der Waals surface area contributed by atoms with Crippen molar-refractivity contribution in [1.82, 2.24) is 15.5 Å². The molecule has 1 fully saturated rings. The van der Waals surface area contributed by atoms with E-state index in [-0.39, 0.29) is 11.8 Å². The van der Waals surface area contributed by atoms with Crippen LogP contribution in [0, 0.1) is 12.8 Å². The lowest BCUT2D eigenvalue weighted by Gasteiger charge is -2.29. The normalized spacial score (nSPS) is 14.3. The Bertz CT molecular complexity index is 1060.